The average molecular weight is 283 g/mol. The second-order valence-corrected chi connectivity index (χ2v) is 4.22. The molecule has 0 spiro atoms. The number of amides is 1. The first-order valence-electron chi connectivity index (χ1n) is 5.36. The van der Waals surface area contributed by atoms with Gasteiger partial charge in [-0.1, -0.05) is 17.7 Å². The Labute approximate surface area is 113 Å². The van der Waals surface area contributed by atoms with E-state index in [0.29, 0.717) is 5.69 Å². The molecule has 1 heterocycles. The maximum Gasteiger partial charge on any atom is 0.258 e. The first-order valence-corrected chi connectivity index (χ1v) is 5.74. The van der Waals surface area contributed by atoms with Gasteiger partial charge in [0.25, 0.3) is 5.91 Å². The van der Waals surface area contributed by atoms with Crippen molar-refractivity contribution in [3.8, 4) is 0 Å². The van der Waals surface area contributed by atoms with Gasteiger partial charge in [0, 0.05) is 11.3 Å². The van der Waals surface area contributed by atoms with Gasteiger partial charge in [-0.2, -0.15) is 0 Å². The molecule has 0 unspecified atom stereocenters. The zero-order valence-electron chi connectivity index (χ0n) is 9.88. The van der Waals surface area contributed by atoms with E-state index in [1.165, 1.54) is 25.1 Å². The van der Waals surface area contributed by atoms with Crippen molar-refractivity contribution in [1.82, 2.24) is 4.98 Å². The first kappa shape index (κ1) is 13.4. The lowest BCUT2D eigenvalue weighted by Crippen LogP contribution is -2.14. The largest absolute Gasteiger partial charge is 0.322 e. The van der Waals surface area contributed by atoms with Crippen LogP contribution in [-0.4, -0.2) is 10.9 Å². The molecule has 0 bridgehead atoms. The van der Waals surface area contributed by atoms with E-state index in [1.54, 1.807) is 0 Å². The maximum atomic E-state index is 13.3. The van der Waals surface area contributed by atoms with Crippen LogP contribution in [0.5, 0.6) is 0 Å². The molecule has 19 heavy (non-hydrogen) atoms. The first-order chi connectivity index (χ1) is 8.99. The van der Waals surface area contributed by atoms with Crippen molar-refractivity contribution >= 4 is 23.2 Å². The number of nitrogens with one attached hydrogen (secondary N) is 1. The Balaban J connectivity index is 2.31. The molecule has 0 fully saturated rings. The lowest BCUT2D eigenvalue weighted by Gasteiger charge is -2.09. The predicted molar refractivity (Wildman–Crippen MR) is 68.3 cm³/mol. The van der Waals surface area contributed by atoms with Gasteiger partial charge in [0.05, 0.1) is 11.8 Å². The molecular weight excluding hydrogens is 274 g/mol. The number of anilines is 1. The molecule has 0 aliphatic heterocycles. The van der Waals surface area contributed by atoms with Crippen molar-refractivity contribution in [1.29, 1.82) is 0 Å². The third-order valence-corrected chi connectivity index (χ3v) is 2.87. The summed E-state index contributed by atoms with van der Waals surface area (Å²) in [6.45, 7) is 1.52. The molecule has 0 aliphatic carbocycles. The number of pyridine rings is 1. The van der Waals surface area contributed by atoms with E-state index in [9.17, 15) is 13.6 Å². The van der Waals surface area contributed by atoms with Crippen molar-refractivity contribution in [3.05, 3.63) is 58.4 Å². The van der Waals surface area contributed by atoms with Crippen LogP contribution in [0.3, 0.4) is 0 Å². The molecule has 1 amide bonds. The summed E-state index contributed by atoms with van der Waals surface area (Å²) >= 11 is 5.72. The minimum absolute atomic E-state index is 0.106. The summed E-state index contributed by atoms with van der Waals surface area (Å²) in [5.41, 5.74) is 0.479. The topological polar surface area (TPSA) is 42.0 Å². The van der Waals surface area contributed by atoms with Crippen LogP contribution in [0.1, 0.15) is 15.9 Å². The SMILES string of the molecule is Cc1c(F)cccc1NC(=O)c1cc(F)cnc1Cl. The smallest absolute Gasteiger partial charge is 0.258 e. The highest BCUT2D eigenvalue weighted by molar-refractivity contribution is 6.33. The molecule has 0 atom stereocenters. The van der Waals surface area contributed by atoms with Crippen LogP contribution in [0.15, 0.2) is 30.5 Å². The summed E-state index contributed by atoms with van der Waals surface area (Å²) in [6, 6.07) is 5.25. The molecule has 0 aliphatic rings. The van der Waals surface area contributed by atoms with Gasteiger partial charge >= 0.3 is 0 Å². The summed E-state index contributed by atoms with van der Waals surface area (Å²) < 4.78 is 26.4. The number of rotatable bonds is 2. The van der Waals surface area contributed by atoms with Gasteiger partial charge < -0.3 is 5.32 Å². The quantitative estimate of drug-likeness (QED) is 0.856. The van der Waals surface area contributed by atoms with E-state index in [-0.39, 0.29) is 16.3 Å². The Bertz CT molecular complexity index is 647. The molecule has 98 valence electrons. The van der Waals surface area contributed by atoms with E-state index in [1.807, 2.05) is 0 Å². The molecule has 0 saturated carbocycles. The fraction of sp³-hybridized carbons (Fsp3) is 0.0769. The minimum Gasteiger partial charge on any atom is -0.322 e. The average Bonchev–Trinajstić information content (AvgIpc) is 2.38. The van der Waals surface area contributed by atoms with E-state index < -0.39 is 17.5 Å². The van der Waals surface area contributed by atoms with Crippen molar-refractivity contribution in [2.45, 2.75) is 6.92 Å². The standard InChI is InChI=1S/C13H9ClF2N2O/c1-7-10(16)3-2-4-11(7)18-13(19)9-5-8(15)6-17-12(9)14/h2-6H,1H3,(H,18,19). The zero-order valence-corrected chi connectivity index (χ0v) is 10.6. The van der Waals surface area contributed by atoms with Crippen LogP contribution in [-0.2, 0) is 0 Å². The highest BCUT2D eigenvalue weighted by Gasteiger charge is 2.14. The summed E-state index contributed by atoms with van der Waals surface area (Å²) in [7, 11) is 0. The van der Waals surface area contributed by atoms with Gasteiger partial charge in [0.1, 0.15) is 16.8 Å². The summed E-state index contributed by atoms with van der Waals surface area (Å²) in [5, 5.41) is 2.35. The van der Waals surface area contributed by atoms with Gasteiger partial charge in [-0.3, -0.25) is 4.79 Å². The number of hydrogen-bond donors (Lipinski definition) is 1. The second-order valence-electron chi connectivity index (χ2n) is 3.86. The van der Waals surface area contributed by atoms with Gasteiger partial charge in [-0.25, -0.2) is 13.8 Å². The molecule has 1 aromatic carbocycles. The molecule has 6 heteroatoms. The number of aromatic nitrogens is 1. The monoisotopic (exact) mass is 282 g/mol. The van der Waals surface area contributed by atoms with Crippen molar-refractivity contribution in [2.75, 3.05) is 5.32 Å². The highest BCUT2D eigenvalue weighted by atomic mass is 35.5. The number of halogens is 3. The fourth-order valence-corrected chi connectivity index (χ4v) is 1.70. The van der Waals surface area contributed by atoms with Gasteiger partial charge in [0.2, 0.25) is 0 Å². The van der Waals surface area contributed by atoms with E-state index in [0.717, 1.165) is 12.3 Å². The third-order valence-electron chi connectivity index (χ3n) is 2.57. The van der Waals surface area contributed by atoms with Gasteiger partial charge in [0.15, 0.2) is 0 Å². The van der Waals surface area contributed by atoms with Crippen molar-refractivity contribution in [3.63, 3.8) is 0 Å². The molecular formula is C13H9ClF2N2O. The van der Waals surface area contributed by atoms with E-state index in [4.69, 9.17) is 11.6 Å². The number of hydrogen-bond acceptors (Lipinski definition) is 2. The molecule has 0 radical (unpaired) electrons. The zero-order chi connectivity index (χ0) is 14.0. The molecule has 0 saturated heterocycles. The lowest BCUT2D eigenvalue weighted by atomic mass is 10.1. The van der Waals surface area contributed by atoms with Crippen molar-refractivity contribution < 1.29 is 13.6 Å². The Hall–Kier alpha value is -2.01. The Morgan fingerprint density at radius 1 is 1.37 bits per heavy atom. The van der Waals surface area contributed by atoms with Crippen LogP contribution < -0.4 is 5.32 Å². The lowest BCUT2D eigenvalue weighted by molar-refractivity contribution is 0.102. The molecule has 2 aromatic rings. The van der Waals surface area contributed by atoms with Crippen LogP contribution in [0, 0.1) is 18.6 Å². The third kappa shape index (κ3) is 2.88. The predicted octanol–water partition coefficient (Wildman–Crippen LogP) is 3.57. The summed E-state index contributed by atoms with van der Waals surface area (Å²) in [6.07, 6.45) is 0.909. The van der Waals surface area contributed by atoms with Crippen LogP contribution >= 0.6 is 11.6 Å². The summed E-state index contributed by atoms with van der Waals surface area (Å²) in [4.78, 5) is 15.5. The second kappa shape index (κ2) is 5.32. The van der Waals surface area contributed by atoms with Crippen LogP contribution in [0.25, 0.3) is 0 Å². The van der Waals surface area contributed by atoms with Gasteiger partial charge in [-0.15, -0.1) is 0 Å². The number of carbonyl (C=O) groups is 1. The van der Waals surface area contributed by atoms with E-state index in [2.05, 4.69) is 10.3 Å². The molecule has 3 nitrogen and oxygen atoms in total. The Morgan fingerprint density at radius 3 is 2.84 bits per heavy atom. The van der Waals surface area contributed by atoms with E-state index >= 15 is 0 Å². The van der Waals surface area contributed by atoms with Crippen LogP contribution in [0.4, 0.5) is 14.5 Å². The highest BCUT2D eigenvalue weighted by Crippen LogP contribution is 2.20. The van der Waals surface area contributed by atoms with Gasteiger partial charge in [-0.05, 0) is 25.1 Å². The van der Waals surface area contributed by atoms with Crippen LogP contribution in [0.2, 0.25) is 5.15 Å². The number of nitrogens with zero attached hydrogens (tertiary/aromatic N) is 1. The molecule has 2 rings (SSSR count). The minimum atomic E-state index is -0.675. The Kier molecular flexibility index (Phi) is 3.76. The molecule has 1 aromatic heterocycles. The summed E-state index contributed by atoms with van der Waals surface area (Å²) in [5.74, 6) is -1.77. The van der Waals surface area contributed by atoms with Crippen molar-refractivity contribution in [2.24, 2.45) is 0 Å². The normalized spacial score (nSPS) is 10.3. The maximum absolute atomic E-state index is 13.3. The fourth-order valence-electron chi connectivity index (χ4n) is 1.51. The number of benzene rings is 1. The molecule has 1 N–H and O–H groups in total. The number of carbonyl (C=O) groups excluding carboxylic acids is 1. The Morgan fingerprint density at radius 2 is 2.11 bits per heavy atom.